The molecule has 0 saturated carbocycles. The molecule has 0 aliphatic carbocycles. The van der Waals surface area contributed by atoms with Gasteiger partial charge in [-0.3, -0.25) is 4.72 Å². The van der Waals surface area contributed by atoms with Gasteiger partial charge in [0.15, 0.2) is 0 Å². The van der Waals surface area contributed by atoms with Crippen molar-refractivity contribution in [2.24, 2.45) is 0 Å². The third-order valence-corrected chi connectivity index (χ3v) is 5.08. The number of alkyl halides is 3. The van der Waals surface area contributed by atoms with E-state index in [0.717, 1.165) is 5.56 Å². The van der Waals surface area contributed by atoms with Crippen LogP contribution in [0.3, 0.4) is 0 Å². The largest absolute Gasteiger partial charge is 0.416 e. The lowest BCUT2D eigenvalue weighted by molar-refractivity contribution is -0.137. The number of aryl methyl sites for hydroxylation is 3. The van der Waals surface area contributed by atoms with Gasteiger partial charge in [-0.05, 0) is 50.1 Å². The van der Waals surface area contributed by atoms with Crippen LogP contribution in [-0.4, -0.2) is 8.42 Å². The minimum absolute atomic E-state index is 0.0788. The Hall–Kier alpha value is -2.09. The molecule has 24 heavy (non-hydrogen) atoms. The van der Waals surface area contributed by atoms with Crippen LogP contribution in [0.1, 0.15) is 22.3 Å². The van der Waals surface area contributed by atoms with Crippen molar-refractivity contribution in [3.63, 3.8) is 0 Å². The van der Waals surface area contributed by atoms with E-state index in [1.807, 2.05) is 4.72 Å². The minimum atomic E-state index is -4.70. The van der Waals surface area contributed by atoms with E-state index in [-0.39, 0.29) is 4.90 Å². The topological polar surface area (TPSA) is 46.2 Å². The molecule has 0 radical (unpaired) electrons. The van der Waals surface area contributed by atoms with E-state index < -0.39 is 33.3 Å². The first-order valence-corrected chi connectivity index (χ1v) is 8.37. The third kappa shape index (κ3) is 3.69. The highest BCUT2D eigenvalue weighted by molar-refractivity contribution is 7.92. The highest BCUT2D eigenvalue weighted by Gasteiger charge is 2.32. The maximum atomic E-state index is 13.8. The third-order valence-electron chi connectivity index (χ3n) is 3.41. The van der Waals surface area contributed by atoms with E-state index in [1.165, 1.54) is 0 Å². The number of nitrogens with one attached hydrogen (secondary N) is 1. The molecule has 130 valence electrons. The number of rotatable bonds is 3. The van der Waals surface area contributed by atoms with Crippen LogP contribution in [0.4, 0.5) is 23.2 Å². The number of benzene rings is 2. The molecule has 0 aliphatic rings. The Balaban J connectivity index is 2.51. The second kappa shape index (κ2) is 6.08. The van der Waals surface area contributed by atoms with Crippen molar-refractivity contribution >= 4 is 15.7 Å². The van der Waals surface area contributed by atoms with Gasteiger partial charge in [0.1, 0.15) is 5.82 Å². The van der Waals surface area contributed by atoms with Gasteiger partial charge in [-0.25, -0.2) is 12.8 Å². The fourth-order valence-electron chi connectivity index (χ4n) is 2.57. The molecule has 0 unspecified atom stereocenters. The molecule has 0 spiro atoms. The van der Waals surface area contributed by atoms with Crippen LogP contribution in [0.2, 0.25) is 0 Å². The summed E-state index contributed by atoms with van der Waals surface area (Å²) >= 11 is 0. The average molecular weight is 361 g/mol. The van der Waals surface area contributed by atoms with Crippen molar-refractivity contribution in [3.05, 3.63) is 58.4 Å². The zero-order valence-corrected chi connectivity index (χ0v) is 13.9. The molecule has 0 aliphatic heterocycles. The SMILES string of the molecule is Cc1cc(C)c(S(=O)(=O)Nc2cc(C(F)(F)F)ccc2F)c(C)c1. The maximum Gasteiger partial charge on any atom is 0.416 e. The minimum Gasteiger partial charge on any atom is -0.277 e. The number of hydrogen-bond acceptors (Lipinski definition) is 2. The first-order chi connectivity index (χ1) is 10.9. The fraction of sp³-hybridized carbons (Fsp3) is 0.250. The molecule has 8 heteroatoms. The molecule has 0 amide bonds. The van der Waals surface area contributed by atoms with Crippen LogP contribution in [0.15, 0.2) is 35.2 Å². The van der Waals surface area contributed by atoms with Crippen LogP contribution in [0.25, 0.3) is 0 Å². The summed E-state index contributed by atoms with van der Waals surface area (Å²) in [6.07, 6.45) is -4.70. The average Bonchev–Trinajstić information content (AvgIpc) is 2.37. The standard InChI is InChI=1S/C16H15F4NO2S/c1-9-6-10(2)15(11(3)7-9)24(22,23)21-14-8-12(16(18,19)20)4-5-13(14)17/h4-8,21H,1-3H3. The van der Waals surface area contributed by atoms with E-state index in [1.54, 1.807) is 32.9 Å². The van der Waals surface area contributed by atoms with Crippen LogP contribution < -0.4 is 4.72 Å². The molecular weight excluding hydrogens is 346 g/mol. The van der Waals surface area contributed by atoms with E-state index in [2.05, 4.69) is 0 Å². The Morgan fingerprint density at radius 1 is 0.958 bits per heavy atom. The highest BCUT2D eigenvalue weighted by atomic mass is 32.2. The van der Waals surface area contributed by atoms with Gasteiger partial charge < -0.3 is 0 Å². The van der Waals surface area contributed by atoms with Gasteiger partial charge in [-0.1, -0.05) is 17.7 Å². The van der Waals surface area contributed by atoms with Crippen LogP contribution in [-0.2, 0) is 16.2 Å². The summed E-state index contributed by atoms with van der Waals surface area (Å²) in [7, 11) is -4.23. The second-order valence-electron chi connectivity index (χ2n) is 5.53. The Bertz CT molecular complexity index is 866. The monoisotopic (exact) mass is 361 g/mol. The van der Waals surface area contributed by atoms with Gasteiger partial charge in [0.05, 0.1) is 16.1 Å². The number of sulfonamides is 1. The second-order valence-corrected chi connectivity index (χ2v) is 7.14. The normalized spacial score (nSPS) is 12.3. The highest BCUT2D eigenvalue weighted by Crippen LogP contribution is 2.33. The Morgan fingerprint density at radius 2 is 1.50 bits per heavy atom. The van der Waals surface area contributed by atoms with Crippen molar-refractivity contribution in [1.29, 1.82) is 0 Å². The molecule has 2 aromatic carbocycles. The molecular formula is C16H15F4NO2S. The number of anilines is 1. The predicted molar refractivity (Wildman–Crippen MR) is 82.9 cm³/mol. The van der Waals surface area contributed by atoms with Crippen molar-refractivity contribution < 1.29 is 26.0 Å². The molecule has 0 fully saturated rings. The molecule has 0 heterocycles. The van der Waals surface area contributed by atoms with E-state index in [9.17, 15) is 26.0 Å². The molecule has 0 aromatic heterocycles. The van der Waals surface area contributed by atoms with Crippen molar-refractivity contribution in [2.75, 3.05) is 4.72 Å². The summed E-state index contributed by atoms with van der Waals surface area (Å²) in [4.78, 5) is -0.0788. The number of halogens is 4. The van der Waals surface area contributed by atoms with Crippen LogP contribution in [0.5, 0.6) is 0 Å². The molecule has 2 rings (SSSR count). The van der Waals surface area contributed by atoms with E-state index in [4.69, 9.17) is 0 Å². The van der Waals surface area contributed by atoms with Crippen LogP contribution >= 0.6 is 0 Å². The summed E-state index contributed by atoms with van der Waals surface area (Å²) in [5, 5.41) is 0. The van der Waals surface area contributed by atoms with Gasteiger partial charge in [0, 0.05) is 0 Å². The Labute approximate surface area is 137 Å². The maximum absolute atomic E-state index is 13.8. The summed E-state index contributed by atoms with van der Waals surface area (Å²) in [5.74, 6) is -1.09. The first kappa shape index (κ1) is 18.3. The predicted octanol–water partition coefficient (Wildman–Crippen LogP) is 4.57. The quantitative estimate of drug-likeness (QED) is 0.814. The number of hydrogen-bond donors (Lipinski definition) is 1. The zero-order chi connectivity index (χ0) is 18.3. The lowest BCUT2D eigenvalue weighted by atomic mass is 10.1. The zero-order valence-electron chi connectivity index (χ0n) is 13.1. The fourth-order valence-corrected chi connectivity index (χ4v) is 4.08. The van der Waals surface area contributed by atoms with E-state index >= 15 is 0 Å². The lowest BCUT2D eigenvalue weighted by Gasteiger charge is -2.15. The first-order valence-electron chi connectivity index (χ1n) is 6.89. The van der Waals surface area contributed by atoms with E-state index in [0.29, 0.717) is 29.3 Å². The summed E-state index contributed by atoms with van der Waals surface area (Å²) in [5.41, 5.74) is -0.197. The summed E-state index contributed by atoms with van der Waals surface area (Å²) < 4.78 is 78.9. The Kier molecular flexibility index (Phi) is 4.63. The molecule has 0 bridgehead atoms. The van der Waals surface area contributed by atoms with Crippen molar-refractivity contribution in [2.45, 2.75) is 31.8 Å². The molecule has 1 N–H and O–H groups in total. The molecule has 3 nitrogen and oxygen atoms in total. The van der Waals surface area contributed by atoms with Gasteiger partial charge in [-0.15, -0.1) is 0 Å². The molecule has 0 atom stereocenters. The summed E-state index contributed by atoms with van der Waals surface area (Å²) in [6.45, 7) is 4.92. The summed E-state index contributed by atoms with van der Waals surface area (Å²) in [6, 6.07) is 4.82. The molecule has 2 aromatic rings. The van der Waals surface area contributed by atoms with Gasteiger partial charge in [0.25, 0.3) is 10.0 Å². The van der Waals surface area contributed by atoms with Gasteiger partial charge >= 0.3 is 6.18 Å². The molecule has 0 saturated heterocycles. The lowest BCUT2D eigenvalue weighted by Crippen LogP contribution is -2.17. The smallest absolute Gasteiger partial charge is 0.277 e. The van der Waals surface area contributed by atoms with Gasteiger partial charge in [0.2, 0.25) is 0 Å². The van der Waals surface area contributed by atoms with Crippen molar-refractivity contribution in [3.8, 4) is 0 Å². The van der Waals surface area contributed by atoms with Crippen molar-refractivity contribution in [1.82, 2.24) is 0 Å². The van der Waals surface area contributed by atoms with Gasteiger partial charge in [-0.2, -0.15) is 13.2 Å². The Morgan fingerprint density at radius 3 is 2.00 bits per heavy atom. The van der Waals surface area contributed by atoms with Crippen LogP contribution in [0, 0.1) is 26.6 Å².